The first-order valence-corrected chi connectivity index (χ1v) is 6.12. The van der Waals surface area contributed by atoms with Crippen LogP contribution >= 0.6 is 0 Å². The summed E-state index contributed by atoms with van der Waals surface area (Å²) in [6.45, 7) is -0.607. The van der Waals surface area contributed by atoms with Crippen LogP contribution in [0.2, 0.25) is 0 Å². The molecule has 0 saturated heterocycles. The molecule has 5 heteroatoms. The molecule has 0 fully saturated rings. The molecule has 0 aliphatic heterocycles. The van der Waals surface area contributed by atoms with E-state index in [1.54, 1.807) is 18.2 Å². The molecule has 0 bridgehead atoms. The average Bonchev–Trinajstić information content (AvgIpc) is 2.27. The number of rotatable bonds is 5. The SMILES string of the molecule is O=C(CO)CCS(=O)(=O)c1ccccc1. The number of aliphatic hydroxyl groups excluding tert-OH is 1. The van der Waals surface area contributed by atoms with Crippen LogP contribution in [0.5, 0.6) is 0 Å². The third kappa shape index (κ3) is 3.45. The van der Waals surface area contributed by atoms with E-state index >= 15 is 0 Å². The molecule has 0 aromatic heterocycles. The maximum atomic E-state index is 11.6. The van der Waals surface area contributed by atoms with Crippen LogP contribution in [-0.2, 0) is 14.6 Å². The number of carbonyl (C=O) groups is 1. The monoisotopic (exact) mass is 228 g/mol. The van der Waals surface area contributed by atoms with Gasteiger partial charge >= 0.3 is 0 Å². The topological polar surface area (TPSA) is 71.4 Å². The summed E-state index contributed by atoms with van der Waals surface area (Å²) < 4.78 is 23.2. The van der Waals surface area contributed by atoms with E-state index in [0.717, 1.165) is 0 Å². The summed E-state index contributed by atoms with van der Waals surface area (Å²) in [6.07, 6.45) is -0.145. The smallest absolute Gasteiger partial charge is 0.178 e. The maximum absolute atomic E-state index is 11.6. The van der Waals surface area contributed by atoms with Crippen LogP contribution in [0.25, 0.3) is 0 Å². The molecular weight excluding hydrogens is 216 g/mol. The summed E-state index contributed by atoms with van der Waals surface area (Å²) in [5.41, 5.74) is 0. The van der Waals surface area contributed by atoms with Crippen molar-refractivity contribution in [3.63, 3.8) is 0 Å². The Labute approximate surface area is 88.5 Å². The third-order valence-corrected chi connectivity index (χ3v) is 3.66. The highest BCUT2D eigenvalue weighted by Crippen LogP contribution is 2.10. The number of aliphatic hydroxyl groups is 1. The standard InChI is InChI=1S/C10H12O4S/c11-8-9(12)6-7-15(13,14)10-4-2-1-3-5-10/h1-5,11H,6-8H2. The van der Waals surface area contributed by atoms with Gasteiger partial charge in [-0.3, -0.25) is 4.79 Å². The largest absolute Gasteiger partial charge is 0.389 e. The van der Waals surface area contributed by atoms with Gasteiger partial charge in [0, 0.05) is 6.42 Å². The zero-order chi connectivity index (χ0) is 11.3. The number of carbonyl (C=O) groups excluding carboxylic acids is 1. The highest BCUT2D eigenvalue weighted by Gasteiger charge is 2.15. The van der Waals surface area contributed by atoms with Crippen molar-refractivity contribution in [3.8, 4) is 0 Å². The van der Waals surface area contributed by atoms with Gasteiger partial charge < -0.3 is 5.11 Å². The fraction of sp³-hybridized carbons (Fsp3) is 0.300. The quantitative estimate of drug-likeness (QED) is 0.792. The molecule has 0 spiro atoms. The summed E-state index contributed by atoms with van der Waals surface area (Å²) >= 11 is 0. The number of sulfone groups is 1. The first-order valence-electron chi connectivity index (χ1n) is 4.46. The van der Waals surface area contributed by atoms with E-state index in [1.165, 1.54) is 12.1 Å². The van der Waals surface area contributed by atoms with Crippen molar-refractivity contribution in [1.82, 2.24) is 0 Å². The molecule has 0 unspecified atom stereocenters. The lowest BCUT2D eigenvalue weighted by molar-refractivity contribution is -0.121. The molecule has 82 valence electrons. The second-order valence-electron chi connectivity index (χ2n) is 3.08. The van der Waals surface area contributed by atoms with Gasteiger partial charge in [-0.1, -0.05) is 18.2 Å². The van der Waals surface area contributed by atoms with Crippen molar-refractivity contribution in [2.75, 3.05) is 12.4 Å². The van der Waals surface area contributed by atoms with Gasteiger partial charge in [-0.15, -0.1) is 0 Å². The maximum Gasteiger partial charge on any atom is 0.178 e. The van der Waals surface area contributed by atoms with Crippen molar-refractivity contribution < 1.29 is 18.3 Å². The highest BCUT2D eigenvalue weighted by atomic mass is 32.2. The van der Waals surface area contributed by atoms with E-state index in [9.17, 15) is 13.2 Å². The molecule has 1 aromatic carbocycles. The summed E-state index contributed by atoms with van der Waals surface area (Å²) in [5, 5.41) is 8.46. The van der Waals surface area contributed by atoms with E-state index < -0.39 is 22.2 Å². The predicted octanol–water partition coefficient (Wildman–Crippen LogP) is 0.412. The molecule has 1 rings (SSSR count). The minimum atomic E-state index is -3.40. The Bertz CT molecular complexity index is 422. The molecule has 0 saturated carbocycles. The van der Waals surface area contributed by atoms with Gasteiger partial charge in [0.2, 0.25) is 0 Å². The molecule has 15 heavy (non-hydrogen) atoms. The number of ketones is 1. The first kappa shape index (κ1) is 11.9. The minimum Gasteiger partial charge on any atom is -0.389 e. The van der Waals surface area contributed by atoms with Gasteiger partial charge in [0.25, 0.3) is 0 Å². The van der Waals surface area contributed by atoms with Crippen LogP contribution < -0.4 is 0 Å². The Morgan fingerprint density at radius 2 is 1.80 bits per heavy atom. The molecule has 0 atom stereocenters. The Kier molecular flexibility index (Phi) is 3.99. The zero-order valence-electron chi connectivity index (χ0n) is 8.09. The number of benzene rings is 1. The lowest BCUT2D eigenvalue weighted by Crippen LogP contribution is -2.13. The fourth-order valence-electron chi connectivity index (χ4n) is 1.07. The molecule has 0 aliphatic carbocycles. The summed E-state index contributed by atoms with van der Waals surface area (Å²) in [4.78, 5) is 11.0. The van der Waals surface area contributed by atoms with Gasteiger partial charge in [-0.25, -0.2) is 8.42 Å². The van der Waals surface area contributed by atoms with Crippen LogP contribution in [0, 0.1) is 0 Å². The number of hydrogen-bond donors (Lipinski definition) is 1. The molecule has 0 radical (unpaired) electrons. The number of Topliss-reactive ketones (excluding diaryl/α,β-unsaturated/α-hetero) is 1. The normalized spacial score (nSPS) is 11.3. The molecule has 1 aromatic rings. The number of hydrogen-bond acceptors (Lipinski definition) is 4. The second-order valence-corrected chi connectivity index (χ2v) is 5.19. The van der Waals surface area contributed by atoms with E-state index in [1.807, 2.05) is 0 Å². The summed E-state index contributed by atoms with van der Waals surface area (Å²) in [5.74, 6) is -0.717. The van der Waals surface area contributed by atoms with E-state index in [0.29, 0.717) is 0 Å². The Morgan fingerprint density at radius 1 is 1.20 bits per heavy atom. The molecule has 0 heterocycles. The average molecular weight is 228 g/mol. The van der Waals surface area contributed by atoms with Gasteiger partial charge in [-0.2, -0.15) is 0 Å². The van der Waals surface area contributed by atoms with Crippen molar-refractivity contribution in [2.24, 2.45) is 0 Å². The highest BCUT2D eigenvalue weighted by molar-refractivity contribution is 7.91. The molecule has 0 aliphatic rings. The Morgan fingerprint density at radius 3 is 2.33 bits per heavy atom. The van der Waals surface area contributed by atoms with Crippen molar-refractivity contribution in [1.29, 1.82) is 0 Å². The van der Waals surface area contributed by atoms with Crippen molar-refractivity contribution in [3.05, 3.63) is 30.3 Å². The van der Waals surface area contributed by atoms with E-state index in [2.05, 4.69) is 0 Å². The van der Waals surface area contributed by atoms with Gasteiger partial charge in [0.15, 0.2) is 15.6 Å². The van der Waals surface area contributed by atoms with Crippen molar-refractivity contribution in [2.45, 2.75) is 11.3 Å². The first-order chi connectivity index (χ1) is 7.06. The van der Waals surface area contributed by atoms with Crippen LogP contribution in [-0.4, -0.2) is 31.7 Å². The third-order valence-electron chi connectivity index (χ3n) is 1.93. The van der Waals surface area contributed by atoms with Gasteiger partial charge in [-0.05, 0) is 12.1 Å². The lowest BCUT2D eigenvalue weighted by atomic mass is 10.3. The Balaban J connectivity index is 2.73. The minimum absolute atomic E-state index is 0.145. The van der Waals surface area contributed by atoms with Crippen LogP contribution in [0.1, 0.15) is 6.42 Å². The van der Waals surface area contributed by atoms with Crippen LogP contribution in [0.4, 0.5) is 0 Å². The van der Waals surface area contributed by atoms with E-state index in [4.69, 9.17) is 5.11 Å². The lowest BCUT2D eigenvalue weighted by Gasteiger charge is -2.02. The molecule has 4 nitrogen and oxygen atoms in total. The summed E-state index contributed by atoms with van der Waals surface area (Å²) in [6, 6.07) is 7.94. The molecule has 1 N–H and O–H groups in total. The summed E-state index contributed by atoms with van der Waals surface area (Å²) in [7, 11) is -3.40. The Hall–Kier alpha value is -1.20. The van der Waals surface area contributed by atoms with Crippen LogP contribution in [0.3, 0.4) is 0 Å². The van der Waals surface area contributed by atoms with E-state index in [-0.39, 0.29) is 17.1 Å². The molecular formula is C10H12O4S. The molecule has 0 amide bonds. The zero-order valence-corrected chi connectivity index (χ0v) is 8.90. The fourth-order valence-corrected chi connectivity index (χ4v) is 2.38. The second kappa shape index (κ2) is 5.04. The predicted molar refractivity (Wildman–Crippen MR) is 55.2 cm³/mol. The van der Waals surface area contributed by atoms with Gasteiger partial charge in [0.05, 0.1) is 10.6 Å². The van der Waals surface area contributed by atoms with Crippen LogP contribution in [0.15, 0.2) is 35.2 Å². The van der Waals surface area contributed by atoms with Gasteiger partial charge in [0.1, 0.15) is 6.61 Å². The van der Waals surface area contributed by atoms with Crippen molar-refractivity contribution >= 4 is 15.6 Å².